The van der Waals surface area contributed by atoms with E-state index in [-0.39, 0.29) is 17.9 Å². The first kappa shape index (κ1) is 15.5. The summed E-state index contributed by atoms with van der Waals surface area (Å²) in [5.74, 6) is 0.159. The molecule has 0 spiro atoms. The number of nitrogens with one attached hydrogen (secondary N) is 2. The van der Waals surface area contributed by atoms with Crippen LogP contribution in [0.1, 0.15) is 36.4 Å². The van der Waals surface area contributed by atoms with E-state index in [0.29, 0.717) is 12.5 Å². The normalized spacial score (nSPS) is 15.5. The molecule has 1 aliphatic rings. The van der Waals surface area contributed by atoms with Crippen LogP contribution in [0.4, 0.5) is 9.18 Å². The molecule has 2 N–H and O–H groups in total. The molecule has 1 heterocycles. The molecule has 120 valence electrons. The number of benzene rings is 1. The summed E-state index contributed by atoms with van der Waals surface area (Å²) in [5.41, 5.74) is 1.90. The largest absolute Gasteiger partial charge is 0.334 e. The highest BCUT2D eigenvalue weighted by Gasteiger charge is 2.29. The minimum atomic E-state index is -0.262. The molecule has 1 aliphatic carbocycles. The van der Waals surface area contributed by atoms with Gasteiger partial charge in [0.05, 0.1) is 6.04 Å². The lowest BCUT2D eigenvalue weighted by atomic mass is 9.77. The zero-order valence-electron chi connectivity index (χ0n) is 12.8. The monoisotopic (exact) mass is 313 g/mol. The molecule has 1 unspecified atom stereocenters. The summed E-state index contributed by atoms with van der Waals surface area (Å²) in [6.45, 7) is 0.431. The number of carbonyl (C=O) groups excluding carboxylic acids is 1. The second-order valence-electron chi connectivity index (χ2n) is 5.91. The van der Waals surface area contributed by atoms with Crippen LogP contribution in [-0.4, -0.2) is 11.0 Å². The zero-order valence-corrected chi connectivity index (χ0v) is 12.8. The number of hydrogen-bond donors (Lipinski definition) is 2. The fraction of sp³-hybridized carbons (Fsp3) is 0.333. The molecule has 1 atom stereocenters. The molecule has 2 aromatic rings. The Morgan fingerprint density at radius 1 is 1.26 bits per heavy atom. The minimum Gasteiger partial charge on any atom is -0.334 e. The van der Waals surface area contributed by atoms with Crippen molar-refractivity contribution < 1.29 is 9.18 Å². The average molecular weight is 313 g/mol. The highest BCUT2D eigenvalue weighted by Crippen LogP contribution is 2.37. The molecule has 1 aromatic carbocycles. The van der Waals surface area contributed by atoms with Crippen LogP contribution in [0.25, 0.3) is 0 Å². The summed E-state index contributed by atoms with van der Waals surface area (Å²) in [4.78, 5) is 16.2. The summed E-state index contributed by atoms with van der Waals surface area (Å²) >= 11 is 0. The standard InChI is InChI=1S/C18H20FN3O/c19-16-8-6-15(7-9-16)17(14-4-1-5-14)22-18(23)21-12-13-3-2-10-20-11-13/h2-3,6-11,14,17H,1,4-5,12H2,(H2,21,22,23). The Labute approximate surface area is 135 Å². The fourth-order valence-corrected chi connectivity index (χ4v) is 2.79. The topological polar surface area (TPSA) is 54.0 Å². The molecule has 1 fully saturated rings. The predicted octanol–water partition coefficient (Wildman–Crippen LogP) is 3.56. The van der Waals surface area contributed by atoms with E-state index in [1.54, 1.807) is 24.5 Å². The number of aromatic nitrogens is 1. The van der Waals surface area contributed by atoms with E-state index in [2.05, 4.69) is 15.6 Å². The maximum atomic E-state index is 13.1. The lowest BCUT2D eigenvalue weighted by Gasteiger charge is -2.34. The second kappa shape index (κ2) is 7.22. The van der Waals surface area contributed by atoms with Gasteiger partial charge in [-0.3, -0.25) is 4.98 Å². The molecule has 23 heavy (non-hydrogen) atoms. The molecule has 1 aromatic heterocycles. The van der Waals surface area contributed by atoms with Crippen LogP contribution in [-0.2, 0) is 6.54 Å². The van der Waals surface area contributed by atoms with Crippen LogP contribution >= 0.6 is 0 Å². The van der Waals surface area contributed by atoms with E-state index in [4.69, 9.17) is 0 Å². The summed E-state index contributed by atoms with van der Waals surface area (Å²) in [6.07, 6.45) is 6.78. The summed E-state index contributed by atoms with van der Waals surface area (Å²) < 4.78 is 13.1. The van der Waals surface area contributed by atoms with E-state index in [1.807, 2.05) is 12.1 Å². The van der Waals surface area contributed by atoms with E-state index < -0.39 is 0 Å². The maximum absolute atomic E-state index is 13.1. The Morgan fingerprint density at radius 3 is 2.65 bits per heavy atom. The van der Waals surface area contributed by atoms with Crippen LogP contribution < -0.4 is 10.6 Å². The zero-order chi connectivity index (χ0) is 16.1. The van der Waals surface area contributed by atoms with Gasteiger partial charge in [-0.2, -0.15) is 0 Å². The van der Waals surface area contributed by atoms with Crippen LogP contribution in [0.3, 0.4) is 0 Å². The molecule has 4 nitrogen and oxygen atoms in total. The predicted molar refractivity (Wildman–Crippen MR) is 86.1 cm³/mol. The van der Waals surface area contributed by atoms with Crippen molar-refractivity contribution in [2.24, 2.45) is 5.92 Å². The van der Waals surface area contributed by atoms with Crippen molar-refractivity contribution >= 4 is 6.03 Å². The minimum absolute atomic E-state index is 0.0711. The van der Waals surface area contributed by atoms with Crippen LogP contribution in [0.5, 0.6) is 0 Å². The van der Waals surface area contributed by atoms with E-state index in [9.17, 15) is 9.18 Å². The lowest BCUT2D eigenvalue weighted by Crippen LogP contribution is -2.41. The molecular weight excluding hydrogens is 293 g/mol. The summed E-state index contributed by atoms with van der Waals surface area (Å²) in [5, 5.41) is 5.88. The smallest absolute Gasteiger partial charge is 0.315 e. The summed E-state index contributed by atoms with van der Waals surface area (Å²) in [7, 11) is 0. The third kappa shape index (κ3) is 4.06. The van der Waals surface area contributed by atoms with Gasteiger partial charge in [0.25, 0.3) is 0 Å². The number of carbonyl (C=O) groups is 1. The van der Waals surface area contributed by atoms with Crippen molar-refractivity contribution in [2.75, 3.05) is 0 Å². The molecule has 1 saturated carbocycles. The van der Waals surface area contributed by atoms with Gasteiger partial charge in [0.15, 0.2) is 0 Å². The molecule has 3 rings (SSSR count). The summed E-state index contributed by atoms with van der Waals surface area (Å²) in [6, 6.07) is 9.85. The van der Waals surface area contributed by atoms with Crippen molar-refractivity contribution in [1.29, 1.82) is 0 Å². The number of halogens is 1. The number of nitrogens with zero attached hydrogens (tertiary/aromatic N) is 1. The number of hydrogen-bond acceptors (Lipinski definition) is 2. The van der Waals surface area contributed by atoms with Gasteiger partial charge in [-0.25, -0.2) is 9.18 Å². The first-order chi connectivity index (χ1) is 11.2. The lowest BCUT2D eigenvalue weighted by molar-refractivity contribution is 0.207. The van der Waals surface area contributed by atoms with Crippen LogP contribution in [0.2, 0.25) is 0 Å². The fourth-order valence-electron chi connectivity index (χ4n) is 2.79. The number of amides is 2. The highest BCUT2D eigenvalue weighted by atomic mass is 19.1. The second-order valence-corrected chi connectivity index (χ2v) is 5.91. The Morgan fingerprint density at radius 2 is 2.04 bits per heavy atom. The molecule has 0 aliphatic heterocycles. The van der Waals surface area contributed by atoms with E-state index >= 15 is 0 Å². The third-order valence-corrected chi connectivity index (χ3v) is 4.31. The maximum Gasteiger partial charge on any atom is 0.315 e. The van der Waals surface area contributed by atoms with Crippen molar-refractivity contribution in [2.45, 2.75) is 31.8 Å². The molecule has 2 amide bonds. The van der Waals surface area contributed by atoms with Crippen molar-refractivity contribution in [3.8, 4) is 0 Å². The van der Waals surface area contributed by atoms with Gasteiger partial charge in [-0.05, 0) is 48.1 Å². The van der Waals surface area contributed by atoms with Gasteiger partial charge in [-0.1, -0.05) is 24.6 Å². The first-order valence-electron chi connectivity index (χ1n) is 7.91. The Kier molecular flexibility index (Phi) is 4.86. The van der Waals surface area contributed by atoms with Crippen molar-refractivity contribution in [3.63, 3.8) is 0 Å². The van der Waals surface area contributed by atoms with Gasteiger partial charge >= 0.3 is 6.03 Å². The molecule has 0 bridgehead atoms. The van der Waals surface area contributed by atoms with Gasteiger partial charge in [-0.15, -0.1) is 0 Å². The number of urea groups is 1. The Hall–Kier alpha value is -2.43. The van der Waals surface area contributed by atoms with Gasteiger partial charge in [0.2, 0.25) is 0 Å². The van der Waals surface area contributed by atoms with Gasteiger partial charge in [0, 0.05) is 18.9 Å². The van der Waals surface area contributed by atoms with E-state index in [0.717, 1.165) is 24.0 Å². The average Bonchev–Trinajstić information content (AvgIpc) is 2.52. The first-order valence-corrected chi connectivity index (χ1v) is 7.91. The molecule has 0 saturated heterocycles. The number of rotatable bonds is 5. The van der Waals surface area contributed by atoms with Crippen molar-refractivity contribution in [1.82, 2.24) is 15.6 Å². The quantitative estimate of drug-likeness (QED) is 0.887. The van der Waals surface area contributed by atoms with Crippen LogP contribution in [0, 0.1) is 11.7 Å². The molecule has 5 heteroatoms. The van der Waals surface area contributed by atoms with Crippen LogP contribution in [0.15, 0.2) is 48.8 Å². The Bertz CT molecular complexity index is 641. The molecular formula is C18H20FN3O. The van der Waals surface area contributed by atoms with Gasteiger partial charge < -0.3 is 10.6 Å². The van der Waals surface area contributed by atoms with Crippen molar-refractivity contribution in [3.05, 3.63) is 65.7 Å². The van der Waals surface area contributed by atoms with Gasteiger partial charge in [0.1, 0.15) is 5.82 Å². The SMILES string of the molecule is O=C(NCc1cccnc1)NC(c1ccc(F)cc1)C1CCC1. The number of pyridine rings is 1. The van der Waals surface area contributed by atoms with E-state index in [1.165, 1.54) is 18.6 Å². The highest BCUT2D eigenvalue weighted by molar-refractivity contribution is 5.74. The Balaban J connectivity index is 1.61. The third-order valence-electron chi connectivity index (χ3n) is 4.31. The molecule has 0 radical (unpaired) electrons.